The van der Waals surface area contributed by atoms with Crippen molar-refractivity contribution in [2.45, 2.75) is 64.8 Å². The van der Waals surface area contributed by atoms with Crippen molar-refractivity contribution < 1.29 is 5.11 Å². The average molecular weight is 462 g/mol. The third kappa shape index (κ3) is 5.13. The van der Waals surface area contributed by atoms with Gasteiger partial charge in [-0.3, -0.25) is 0 Å². The van der Waals surface area contributed by atoms with Crippen molar-refractivity contribution in [3.05, 3.63) is 53.1 Å². The second-order valence-electron chi connectivity index (χ2n) is 9.99. The van der Waals surface area contributed by atoms with Gasteiger partial charge in [0.25, 0.3) is 0 Å². The molecule has 7 heteroatoms. The number of aromatic hydroxyl groups is 1. The van der Waals surface area contributed by atoms with E-state index in [2.05, 4.69) is 41.0 Å². The average Bonchev–Trinajstić information content (AvgIpc) is 3.02. The summed E-state index contributed by atoms with van der Waals surface area (Å²) in [6.07, 6.45) is 10.4. The predicted molar refractivity (Wildman–Crippen MR) is 136 cm³/mol. The summed E-state index contributed by atoms with van der Waals surface area (Å²) in [4.78, 5) is 18.2. The lowest BCUT2D eigenvalue weighted by atomic mass is 9.77. The van der Waals surface area contributed by atoms with Crippen LogP contribution in [0.2, 0.25) is 0 Å². The standard InChI is InChI=1S/C27H35N5O2/c1-5-14-27(2)15-7-6-8-20(18-27)32(4)25-12-11-23(29-30-25)21-10-9-19(17-24(21)33)22-13-16-31(3)26(34)28-22/h9-13,16-17,20,33H,5-8,14-15,18H2,1-4H3/t20-,27+/m0/s1. The smallest absolute Gasteiger partial charge is 0.347 e. The van der Waals surface area contributed by atoms with E-state index in [0.29, 0.717) is 34.0 Å². The maximum Gasteiger partial charge on any atom is 0.347 e. The van der Waals surface area contributed by atoms with Gasteiger partial charge in [0.2, 0.25) is 0 Å². The number of hydrogen-bond donors (Lipinski definition) is 1. The summed E-state index contributed by atoms with van der Waals surface area (Å²) in [5.41, 5.74) is 2.45. The van der Waals surface area contributed by atoms with E-state index < -0.39 is 0 Å². The van der Waals surface area contributed by atoms with Crippen molar-refractivity contribution in [2.75, 3.05) is 11.9 Å². The van der Waals surface area contributed by atoms with Crippen molar-refractivity contribution in [2.24, 2.45) is 12.5 Å². The summed E-state index contributed by atoms with van der Waals surface area (Å²) in [6, 6.07) is 11.3. The van der Waals surface area contributed by atoms with Crippen molar-refractivity contribution in [3.8, 4) is 28.3 Å². The van der Waals surface area contributed by atoms with Gasteiger partial charge < -0.3 is 14.6 Å². The number of phenols is 1. The highest BCUT2D eigenvalue weighted by molar-refractivity contribution is 5.73. The van der Waals surface area contributed by atoms with Crippen molar-refractivity contribution in [3.63, 3.8) is 0 Å². The highest BCUT2D eigenvalue weighted by Gasteiger charge is 2.32. The van der Waals surface area contributed by atoms with E-state index in [1.165, 1.54) is 49.5 Å². The van der Waals surface area contributed by atoms with E-state index in [4.69, 9.17) is 0 Å². The Balaban J connectivity index is 1.53. The summed E-state index contributed by atoms with van der Waals surface area (Å²) in [7, 11) is 3.77. The molecule has 4 rings (SSSR count). The Morgan fingerprint density at radius 2 is 1.97 bits per heavy atom. The van der Waals surface area contributed by atoms with Crippen LogP contribution < -0.4 is 10.6 Å². The first kappa shape index (κ1) is 23.9. The highest BCUT2D eigenvalue weighted by Crippen LogP contribution is 2.40. The first-order valence-electron chi connectivity index (χ1n) is 12.2. The maximum absolute atomic E-state index is 11.8. The molecule has 0 spiro atoms. The lowest BCUT2D eigenvalue weighted by Crippen LogP contribution is -2.36. The number of aryl methyl sites for hydroxylation is 1. The zero-order valence-corrected chi connectivity index (χ0v) is 20.7. The fraction of sp³-hybridized carbons (Fsp3) is 0.481. The molecule has 180 valence electrons. The third-order valence-corrected chi connectivity index (χ3v) is 7.25. The number of phenolic OH excluding ortho intramolecular Hbond substituents is 1. The minimum absolute atomic E-state index is 0.0782. The number of rotatable bonds is 6. The molecular formula is C27H35N5O2. The van der Waals surface area contributed by atoms with Crippen LogP contribution in [0.5, 0.6) is 5.75 Å². The summed E-state index contributed by atoms with van der Waals surface area (Å²) < 4.78 is 1.41. The Morgan fingerprint density at radius 3 is 2.65 bits per heavy atom. The third-order valence-electron chi connectivity index (χ3n) is 7.25. The van der Waals surface area contributed by atoms with Crippen LogP contribution in [-0.2, 0) is 7.05 Å². The number of hydrogen-bond acceptors (Lipinski definition) is 6. The molecule has 1 aliphatic carbocycles. The molecule has 2 heterocycles. The summed E-state index contributed by atoms with van der Waals surface area (Å²) in [5, 5.41) is 19.6. The molecule has 0 aliphatic heterocycles. The molecular weight excluding hydrogens is 426 g/mol. The topological polar surface area (TPSA) is 84.1 Å². The molecule has 2 aromatic heterocycles. The lowest BCUT2D eigenvalue weighted by molar-refractivity contribution is 0.238. The molecule has 0 unspecified atom stereocenters. The highest BCUT2D eigenvalue weighted by atomic mass is 16.3. The van der Waals surface area contributed by atoms with Crippen LogP contribution in [0.4, 0.5) is 5.82 Å². The van der Waals surface area contributed by atoms with Gasteiger partial charge in [-0.2, -0.15) is 4.98 Å². The van der Waals surface area contributed by atoms with Crippen LogP contribution in [0.25, 0.3) is 22.5 Å². The van der Waals surface area contributed by atoms with E-state index in [1.54, 1.807) is 31.4 Å². The van der Waals surface area contributed by atoms with Gasteiger partial charge in [-0.25, -0.2) is 4.79 Å². The minimum atomic E-state index is -0.338. The van der Waals surface area contributed by atoms with Crippen LogP contribution in [0.3, 0.4) is 0 Å². The van der Waals surface area contributed by atoms with Gasteiger partial charge in [0, 0.05) is 37.5 Å². The van der Waals surface area contributed by atoms with E-state index in [9.17, 15) is 9.90 Å². The first-order valence-corrected chi connectivity index (χ1v) is 12.2. The van der Waals surface area contributed by atoms with Gasteiger partial charge in [0.05, 0.1) is 11.4 Å². The number of benzene rings is 1. The molecule has 0 radical (unpaired) electrons. The molecule has 0 bridgehead atoms. The Morgan fingerprint density at radius 1 is 1.15 bits per heavy atom. The molecule has 1 N–H and O–H groups in total. The SMILES string of the molecule is CCC[C@]1(C)CCCC[C@H](N(C)c2ccc(-c3ccc(-c4ccn(C)c(=O)n4)cc3O)nn2)C1. The van der Waals surface area contributed by atoms with Gasteiger partial charge in [-0.05, 0) is 61.4 Å². The fourth-order valence-electron chi connectivity index (χ4n) is 5.24. The quantitative estimate of drug-likeness (QED) is 0.509. The van der Waals surface area contributed by atoms with E-state index >= 15 is 0 Å². The van der Waals surface area contributed by atoms with Crippen LogP contribution in [0, 0.1) is 5.41 Å². The fourth-order valence-corrected chi connectivity index (χ4v) is 5.24. The number of nitrogens with zero attached hydrogens (tertiary/aromatic N) is 5. The minimum Gasteiger partial charge on any atom is -0.507 e. The van der Waals surface area contributed by atoms with Crippen LogP contribution in [0.15, 0.2) is 47.4 Å². The van der Waals surface area contributed by atoms with E-state index in [0.717, 1.165) is 5.82 Å². The molecule has 0 saturated heterocycles. The largest absolute Gasteiger partial charge is 0.507 e. The Hall–Kier alpha value is -3.22. The van der Waals surface area contributed by atoms with Crippen molar-refractivity contribution in [1.82, 2.24) is 19.7 Å². The predicted octanol–water partition coefficient (Wildman–Crippen LogP) is 5.19. The second-order valence-corrected chi connectivity index (χ2v) is 9.99. The van der Waals surface area contributed by atoms with Gasteiger partial charge in [0.1, 0.15) is 5.75 Å². The van der Waals surface area contributed by atoms with Crippen LogP contribution in [0.1, 0.15) is 58.8 Å². The first-order chi connectivity index (χ1) is 16.3. The molecule has 1 saturated carbocycles. The molecule has 1 fully saturated rings. The van der Waals surface area contributed by atoms with Gasteiger partial charge in [-0.1, -0.05) is 39.2 Å². The molecule has 2 atom stereocenters. The Labute approximate surface area is 201 Å². The van der Waals surface area contributed by atoms with E-state index in [1.807, 2.05) is 18.2 Å². The van der Waals surface area contributed by atoms with E-state index in [-0.39, 0.29) is 11.4 Å². The number of anilines is 1. The zero-order chi connectivity index (χ0) is 24.3. The van der Waals surface area contributed by atoms with Crippen LogP contribution >= 0.6 is 0 Å². The van der Waals surface area contributed by atoms with Gasteiger partial charge in [-0.15, -0.1) is 10.2 Å². The molecule has 3 aromatic rings. The van der Waals surface area contributed by atoms with Crippen molar-refractivity contribution in [1.29, 1.82) is 0 Å². The lowest BCUT2D eigenvalue weighted by Gasteiger charge is -2.35. The van der Waals surface area contributed by atoms with Crippen molar-refractivity contribution >= 4 is 5.82 Å². The summed E-state index contributed by atoms with van der Waals surface area (Å²) in [5.74, 6) is 0.935. The zero-order valence-electron chi connectivity index (χ0n) is 20.7. The summed E-state index contributed by atoms with van der Waals surface area (Å²) in [6.45, 7) is 4.71. The molecule has 1 aliphatic rings. The second kappa shape index (κ2) is 9.95. The monoisotopic (exact) mass is 461 g/mol. The molecule has 1 aromatic carbocycles. The Kier molecular flexibility index (Phi) is 7.00. The van der Waals surface area contributed by atoms with Crippen LogP contribution in [-0.4, -0.2) is 37.9 Å². The maximum atomic E-state index is 11.8. The normalized spacial score (nSPS) is 20.6. The van der Waals surface area contributed by atoms with Gasteiger partial charge >= 0.3 is 5.69 Å². The molecule has 7 nitrogen and oxygen atoms in total. The molecule has 0 amide bonds. The Bertz CT molecular complexity index is 1190. The van der Waals surface area contributed by atoms with Gasteiger partial charge in [0.15, 0.2) is 5.82 Å². The number of aromatic nitrogens is 4. The molecule has 34 heavy (non-hydrogen) atoms. The summed E-state index contributed by atoms with van der Waals surface area (Å²) >= 11 is 0.